The quantitative estimate of drug-likeness (QED) is 0.521. The van der Waals surface area contributed by atoms with Gasteiger partial charge in [0.15, 0.2) is 0 Å². The number of hydrogen-bond acceptors (Lipinski definition) is 1. The molecule has 2 aromatic carbocycles. The summed E-state index contributed by atoms with van der Waals surface area (Å²) in [5, 5.41) is -1.48. The molecule has 0 radical (unpaired) electrons. The van der Waals surface area contributed by atoms with Crippen molar-refractivity contribution in [3.8, 4) is 0 Å². The molecule has 2 aliphatic carbocycles. The number of carbonyl (C=O) groups is 1. The van der Waals surface area contributed by atoms with Crippen LogP contribution < -0.4 is 0 Å². The van der Waals surface area contributed by atoms with E-state index in [-0.39, 0.29) is 5.78 Å². The molecule has 0 aliphatic heterocycles. The molecule has 26 heavy (non-hydrogen) atoms. The van der Waals surface area contributed by atoms with E-state index in [0.717, 1.165) is 0 Å². The first-order valence-corrected chi connectivity index (χ1v) is 9.62. The number of carbonyl (C=O) groups excluding carboxylic acids is 1. The Labute approximate surface area is 161 Å². The Morgan fingerprint density at radius 2 is 1.12 bits per heavy atom. The number of benzene rings is 2. The smallest absolute Gasteiger partial charge is 0.148 e. The lowest BCUT2D eigenvalue weighted by Gasteiger charge is -2.29. The minimum atomic E-state index is -0.807. The molecule has 1 nitrogen and oxygen atoms in total. The van der Waals surface area contributed by atoms with Crippen molar-refractivity contribution >= 4 is 29.0 Å². The second kappa shape index (κ2) is 6.31. The highest BCUT2D eigenvalue weighted by Gasteiger charge is 2.67. The molecule has 136 valence electrons. The molecule has 0 heterocycles. The van der Waals surface area contributed by atoms with Crippen molar-refractivity contribution in [2.24, 2.45) is 10.8 Å². The van der Waals surface area contributed by atoms with E-state index in [2.05, 4.69) is 0 Å². The van der Waals surface area contributed by atoms with Crippen LogP contribution in [0.2, 0.25) is 0 Å². The van der Waals surface area contributed by atoms with E-state index in [1.54, 1.807) is 36.4 Å². The van der Waals surface area contributed by atoms with Crippen molar-refractivity contribution in [3.05, 3.63) is 71.3 Å². The average molecular weight is 395 g/mol. The van der Waals surface area contributed by atoms with Gasteiger partial charge in [-0.1, -0.05) is 36.4 Å². The summed E-state index contributed by atoms with van der Waals surface area (Å²) in [7, 11) is 0. The maximum Gasteiger partial charge on any atom is 0.148 e. The molecule has 0 saturated heterocycles. The highest BCUT2D eigenvalue weighted by molar-refractivity contribution is 6.26. The van der Waals surface area contributed by atoms with Crippen molar-refractivity contribution in [1.29, 1.82) is 0 Å². The maximum atomic E-state index is 14.2. The number of alkyl halides is 2. The Hall–Kier alpha value is -1.45. The van der Waals surface area contributed by atoms with E-state index in [9.17, 15) is 13.6 Å². The highest BCUT2D eigenvalue weighted by Crippen LogP contribution is 2.69. The molecular formula is C21H18Cl2F2O. The zero-order chi connectivity index (χ0) is 18.5. The molecule has 0 aromatic heterocycles. The van der Waals surface area contributed by atoms with Crippen molar-refractivity contribution in [1.82, 2.24) is 0 Å². The fourth-order valence-electron chi connectivity index (χ4n) is 3.91. The monoisotopic (exact) mass is 394 g/mol. The molecule has 2 aliphatic rings. The zero-order valence-electron chi connectivity index (χ0n) is 14.0. The first-order chi connectivity index (χ1) is 12.4. The van der Waals surface area contributed by atoms with Gasteiger partial charge in [-0.3, -0.25) is 4.79 Å². The third-order valence-electron chi connectivity index (χ3n) is 5.81. The van der Waals surface area contributed by atoms with Crippen molar-refractivity contribution in [3.63, 3.8) is 0 Å². The van der Waals surface area contributed by atoms with Crippen LogP contribution in [0.1, 0.15) is 47.6 Å². The summed E-state index contributed by atoms with van der Waals surface area (Å²) in [6.07, 6.45) is 2.43. The van der Waals surface area contributed by atoms with Gasteiger partial charge in [-0.25, -0.2) is 8.78 Å². The van der Waals surface area contributed by atoms with Crippen LogP contribution in [0.25, 0.3) is 0 Å². The first-order valence-electron chi connectivity index (χ1n) is 8.74. The molecular weight excluding hydrogens is 377 g/mol. The van der Waals surface area contributed by atoms with Crippen LogP contribution in [0.5, 0.6) is 0 Å². The van der Waals surface area contributed by atoms with E-state index in [1.165, 1.54) is 12.1 Å². The summed E-state index contributed by atoms with van der Waals surface area (Å²) >= 11 is 13.2. The predicted molar refractivity (Wildman–Crippen MR) is 98.3 cm³/mol. The van der Waals surface area contributed by atoms with Gasteiger partial charge < -0.3 is 0 Å². The third-order valence-corrected chi connectivity index (χ3v) is 7.11. The van der Waals surface area contributed by atoms with Crippen LogP contribution >= 0.6 is 23.2 Å². The molecule has 0 amide bonds. The molecule has 0 bridgehead atoms. The number of ketones is 1. The van der Waals surface area contributed by atoms with Gasteiger partial charge in [0.2, 0.25) is 0 Å². The largest absolute Gasteiger partial charge is 0.298 e. The van der Waals surface area contributed by atoms with Crippen LogP contribution in [-0.2, 0) is 4.79 Å². The van der Waals surface area contributed by atoms with E-state index < -0.39 is 33.2 Å². The molecule has 2 atom stereocenters. The van der Waals surface area contributed by atoms with E-state index in [1.807, 2.05) is 0 Å². The minimum absolute atomic E-state index is 0.0449. The van der Waals surface area contributed by atoms with Crippen molar-refractivity contribution in [2.75, 3.05) is 0 Å². The van der Waals surface area contributed by atoms with Gasteiger partial charge in [0.25, 0.3) is 0 Å². The van der Waals surface area contributed by atoms with Gasteiger partial charge >= 0.3 is 0 Å². The molecule has 2 unspecified atom stereocenters. The molecule has 5 heteroatoms. The zero-order valence-corrected chi connectivity index (χ0v) is 15.5. The fourth-order valence-corrected chi connectivity index (χ4v) is 4.90. The van der Waals surface area contributed by atoms with Crippen LogP contribution in [0.4, 0.5) is 8.78 Å². The number of hydrogen-bond donors (Lipinski definition) is 0. The lowest BCUT2D eigenvalue weighted by molar-refractivity contribution is -0.129. The number of Topliss-reactive ketones (excluding diaryl/α,β-unsaturated/α-hetero) is 1. The Morgan fingerprint density at radius 1 is 0.769 bits per heavy atom. The molecule has 2 fully saturated rings. The lowest BCUT2D eigenvalue weighted by Crippen LogP contribution is -2.32. The number of halogens is 4. The molecule has 2 saturated carbocycles. The SMILES string of the molecule is O=C(C1(C(Cl)c2ccccc2F)CC1)C1(C(Cl)c2ccccc2F)CC1. The molecule has 0 spiro atoms. The summed E-state index contributed by atoms with van der Waals surface area (Å²) in [5.41, 5.74) is -0.933. The molecule has 4 rings (SSSR count). The Balaban J connectivity index is 1.65. The molecule has 0 N–H and O–H groups in total. The van der Waals surface area contributed by atoms with Crippen molar-refractivity contribution in [2.45, 2.75) is 36.4 Å². The standard InChI is InChI=1S/C21H18Cl2F2O/c22-17(13-5-1-3-7-15(13)24)20(9-10-20)19(26)21(11-12-21)18(23)14-6-2-4-8-16(14)25/h1-8,17-18H,9-12H2. The second-order valence-corrected chi connectivity index (χ2v) is 8.28. The van der Waals surface area contributed by atoms with E-state index >= 15 is 0 Å². The predicted octanol–water partition coefficient (Wildman–Crippen LogP) is 6.35. The van der Waals surface area contributed by atoms with Gasteiger partial charge in [0.1, 0.15) is 17.4 Å². The normalized spacial score (nSPS) is 21.7. The van der Waals surface area contributed by atoms with Crippen molar-refractivity contribution < 1.29 is 13.6 Å². The van der Waals surface area contributed by atoms with Crippen LogP contribution in [0.15, 0.2) is 48.5 Å². The summed E-state index contributed by atoms with van der Waals surface area (Å²) in [5.74, 6) is -0.864. The van der Waals surface area contributed by atoms with Crippen LogP contribution in [0.3, 0.4) is 0 Å². The summed E-state index contributed by atoms with van der Waals surface area (Å²) in [6, 6.07) is 12.6. The molecule has 2 aromatic rings. The Bertz CT molecular complexity index is 789. The Morgan fingerprint density at radius 3 is 1.42 bits per heavy atom. The van der Waals surface area contributed by atoms with Gasteiger partial charge in [0.05, 0.1) is 21.6 Å². The van der Waals surface area contributed by atoms with Crippen LogP contribution in [-0.4, -0.2) is 5.78 Å². The fraction of sp³-hybridized carbons (Fsp3) is 0.381. The Kier molecular flexibility index (Phi) is 4.36. The third kappa shape index (κ3) is 2.68. The van der Waals surface area contributed by atoms with Gasteiger partial charge in [-0.05, 0) is 37.8 Å². The first kappa shape index (κ1) is 17.9. The minimum Gasteiger partial charge on any atom is -0.298 e. The summed E-state index contributed by atoms with van der Waals surface area (Å²) < 4.78 is 28.4. The number of rotatable bonds is 6. The average Bonchev–Trinajstić information content (AvgIpc) is 3.55. The van der Waals surface area contributed by atoms with Gasteiger partial charge in [0, 0.05) is 11.1 Å². The second-order valence-electron chi connectivity index (χ2n) is 7.41. The van der Waals surface area contributed by atoms with Gasteiger partial charge in [-0.15, -0.1) is 23.2 Å². The highest BCUT2D eigenvalue weighted by atomic mass is 35.5. The summed E-state index contributed by atoms with van der Waals surface area (Å²) in [4.78, 5) is 13.4. The van der Waals surface area contributed by atoms with Gasteiger partial charge in [-0.2, -0.15) is 0 Å². The summed E-state index contributed by atoms with van der Waals surface area (Å²) in [6.45, 7) is 0. The van der Waals surface area contributed by atoms with E-state index in [0.29, 0.717) is 36.8 Å². The maximum absolute atomic E-state index is 14.2. The lowest BCUT2D eigenvalue weighted by atomic mass is 9.79. The topological polar surface area (TPSA) is 17.1 Å². The van der Waals surface area contributed by atoms with Crippen LogP contribution in [0, 0.1) is 22.5 Å². The van der Waals surface area contributed by atoms with E-state index in [4.69, 9.17) is 23.2 Å².